The number of carbonyl (C=O) groups excluding carboxylic acids is 2. The van der Waals surface area contributed by atoms with Crippen LogP contribution in [-0.4, -0.2) is 48.0 Å². The van der Waals surface area contributed by atoms with Crippen molar-refractivity contribution in [3.05, 3.63) is 82.1 Å². The molecule has 3 aromatic rings. The molecule has 182 valence electrons. The number of hydrogen-bond donors (Lipinski definition) is 1. The molecular weight excluding hydrogens is 470 g/mol. The molecule has 35 heavy (non-hydrogen) atoms. The average molecular weight is 496 g/mol. The summed E-state index contributed by atoms with van der Waals surface area (Å²) in [5.74, 6) is 0.415. The first-order chi connectivity index (χ1) is 17.0. The zero-order valence-corrected chi connectivity index (χ0v) is 20.1. The summed E-state index contributed by atoms with van der Waals surface area (Å²) >= 11 is 6.46. The van der Waals surface area contributed by atoms with Crippen molar-refractivity contribution in [3.8, 4) is 11.5 Å². The van der Waals surface area contributed by atoms with Gasteiger partial charge in [-0.3, -0.25) is 4.79 Å². The number of fused-ring (bicyclic) bond motifs is 1. The summed E-state index contributed by atoms with van der Waals surface area (Å²) in [4.78, 5) is 24.1. The Morgan fingerprint density at radius 2 is 1.89 bits per heavy atom. The van der Waals surface area contributed by atoms with Crippen LogP contribution >= 0.6 is 11.6 Å². The number of aryl methyl sites for hydroxylation is 1. The zero-order valence-electron chi connectivity index (χ0n) is 19.3. The molecule has 1 aliphatic rings. The van der Waals surface area contributed by atoms with Crippen molar-refractivity contribution in [1.82, 2.24) is 15.1 Å². The molecule has 8 nitrogen and oxygen atoms in total. The normalized spacial score (nSPS) is 12.5. The minimum absolute atomic E-state index is 0.371. The van der Waals surface area contributed by atoms with Crippen molar-refractivity contribution in [2.75, 3.05) is 26.4 Å². The molecule has 0 saturated heterocycles. The van der Waals surface area contributed by atoms with Gasteiger partial charge < -0.3 is 19.5 Å². The predicted octanol–water partition coefficient (Wildman–Crippen LogP) is 3.58. The van der Waals surface area contributed by atoms with Crippen molar-refractivity contribution in [2.24, 2.45) is 0 Å². The molecule has 1 N–H and O–H groups in total. The summed E-state index contributed by atoms with van der Waals surface area (Å²) in [6.07, 6.45) is 3.40. The highest BCUT2D eigenvalue weighted by Crippen LogP contribution is 2.30. The number of hydrogen-bond acceptors (Lipinski definition) is 6. The molecule has 1 aromatic heterocycles. The number of ether oxygens (including phenoxy) is 3. The van der Waals surface area contributed by atoms with E-state index < -0.39 is 5.97 Å². The van der Waals surface area contributed by atoms with Gasteiger partial charge in [-0.1, -0.05) is 48.0 Å². The number of aromatic nitrogens is 2. The molecule has 0 unspecified atom stereocenters. The van der Waals surface area contributed by atoms with Gasteiger partial charge in [0.25, 0.3) is 5.91 Å². The Bertz CT molecular complexity index is 1220. The van der Waals surface area contributed by atoms with Crippen LogP contribution in [0.15, 0.2) is 54.6 Å². The largest absolute Gasteiger partial charge is 0.486 e. The first-order valence-corrected chi connectivity index (χ1v) is 11.6. The maximum atomic E-state index is 12.1. The van der Waals surface area contributed by atoms with E-state index in [9.17, 15) is 9.59 Å². The molecular formula is C26H26ClN3O5. The fraction of sp³-hybridized carbons (Fsp3) is 0.269. The summed E-state index contributed by atoms with van der Waals surface area (Å²) < 4.78 is 17.8. The predicted molar refractivity (Wildman–Crippen MR) is 132 cm³/mol. The quantitative estimate of drug-likeness (QED) is 0.360. The lowest BCUT2D eigenvalue weighted by atomic mass is 10.1. The third kappa shape index (κ3) is 6.64. The lowest BCUT2D eigenvalue weighted by molar-refractivity contribution is -0.143. The number of rotatable bonds is 9. The van der Waals surface area contributed by atoms with Gasteiger partial charge in [-0.15, -0.1) is 0 Å². The molecule has 0 spiro atoms. The Labute approximate surface area is 208 Å². The van der Waals surface area contributed by atoms with E-state index in [-0.39, 0.29) is 12.5 Å². The number of esters is 1. The number of amides is 1. The molecule has 2 heterocycles. The standard InChI is InChI=1S/C26H26ClN3O5/c1-18-21(26(27)30(29-18)16-20-5-3-2-4-6-20)8-10-25(32)35-17-24(31)28-12-11-19-7-9-22-23(15-19)34-14-13-33-22/h2-10,15H,11-14,16-17H2,1H3,(H,28,31)/b10-8+. The van der Waals surface area contributed by atoms with E-state index in [1.807, 2.05) is 55.5 Å². The molecule has 0 atom stereocenters. The molecule has 0 bridgehead atoms. The molecule has 9 heteroatoms. The second kappa shape index (κ2) is 11.6. The minimum atomic E-state index is -0.640. The fourth-order valence-electron chi connectivity index (χ4n) is 3.59. The summed E-state index contributed by atoms with van der Waals surface area (Å²) in [5, 5.41) is 7.60. The molecule has 4 rings (SSSR count). The molecule has 1 aliphatic heterocycles. The van der Waals surface area contributed by atoms with E-state index in [4.69, 9.17) is 25.8 Å². The molecule has 0 saturated carbocycles. The Kier molecular flexibility index (Phi) is 8.05. The van der Waals surface area contributed by atoms with Crippen LogP contribution in [0.4, 0.5) is 0 Å². The Balaban J connectivity index is 1.21. The second-order valence-electron chi connectivity index (χ2n) is 7.95. The third-order valence-electron chi connectivity index (χ3n) is 5.36. The summed E-state index contributed by atoms with van der Waals surface area (Å²) in [5.41, 5.74) is 3.39. The number of carbonyl (C=O) groups is 2. The molecule has 0 aliphatic carbocycles. The van der Waals surface area contributed by atoms with E-state index in [1.54, 1.807) is 10.8 Å². The third-order valence-corrected chi connectivity index (χ3v) is 5.76. The SMILES string of the molecule is Cc1nn(Cc2ccccc2)c(Cl)c1/C=C/C(=O)OCC(=O)NCCc1ccc2c(c1)OCCO2. The van der Waals surface area contributed by atoms with Crippen molar-refractivity contribution >= 4 is 29.6 Å². The van der Waals surface area contributed by atoms with Crippen LogP contribution < -0.4 is 14.8 Å². The molecule has 2 aromatic carbocycles. The Morgan fingerprint density at radius 3 is 2.69 bits per heavy atom. The van der Waals surface area contributed by atoms with Gasteiger partial charge >= 0.3 is 5.97 Å². The first kappa shape index (κ1) is 24.3. The Morgan fingerprint density at radius 1 is 1.11 bits per heavy atom. The highest BCUT2D eigenvalue weighted by Gasteiger charge is 2.13. The van der Waals surface area contributed by atoms with Gasteiger partial charge in [0.05, 0.1) is 12.2 Å². The van der Waals surface area contributed by atoms with E-state index in [0.717, 1.165) is 16.9 Å². The minimum Gasteiger partial charge on any atom is -0.486 e. The average Bonchev–Trinajstić information content (AvgIpc) is 3.13. The summed E-state index contributed by atoms with van der Waals surface area (Å²) in [6.45, 7) is 3.43. The highest BCUT2D eigenvalue weighted by atomic mass is 35.5. The van der Waals surface area contributed by atoms with Crippen LogP contribution in [0.2, 0.25) is 5.15 Å². The van der Waals surface area contributed by atoms with Crippen molar-refractivity contribution in [3.63, 3.8) is 0 Å². The molecule has 0 radical (unpaired) electrons. The van der Waals surface area contributed by atoms with Gasteiger partial charge in [0.1, 0.15) is 18.4 Å². The van der Waals surface area contributed by atoms with E-state index in [2.05, 4.69) is 10.4 Å². The number of nitrogens with one attached hydrogen (secondary N) is 1. The monoisotopic (exact) mass is 495 g/mol. The van der Waals surface area contributed by atoms with Crippen LogP contribution in [0, 0.1) is 6.92 Å². The van der Waals surface area contributed by atoms with Gasteiger partial charge in [-0.05, 0) is 42.7 Å². The number of halogens is 1. The smallest absolute Gasteiger partial charge is 0.331 e. The lowest BCUT2D eigenvalue weighted by Crippen LogP contribution is -2.30. The van der Waals surface area contributed by atoms with Gasteiger partial charge in [0.15, 0.2) is 18.1 Å². The number of nitrogens with zero attached hydrogens (tertiary/aromatic N) is 2. The maximum absolute atomic E-state index is 12.1. The van der Waals surface area contributed by atoms with Crippen LogP contribution in [0.3, 0.4) is 0 Å². The van der Waals surface area contributed by atoms with Gasteiger partial charge in [0, 0.05) is 18.2 Å². The summed E-state index contributed by atoms with van der Waals surface area (Å²) in [6, 6.07) is 15.5. The van der Waals surface area contributed by atoms with Gasteiger partial charge in [-0.2, -0.15) is 5.10 Å². The van der Waals surface area contributed by atoms with E-state index in [1.165, 1.54) is 6.08 Å². The highest BCUT2D eigenvalue weighted by molar-refractivity contribution is 6.31. The lowest BCUT2D eigenvalue weighted by Gasteiger charge is -2.18. The zero-order chi connectivity index (χ0) is 24.6. The first-order valence-electron chi connectivity index (χ1n) is 11.3. The van der Waals surface area contributed by atoms with Crippen molar-refractivity contribution in [2.45, 2.75) is 19.9 Å². The van der Waals surface area contributed by atoms with Crippen LogP contribution in [0.25, 0.3) is 6.08 Å². The van der Waals surface area contributed by atoms with Crippen LogP contribution in [0.1, 0.15) is 22.4 Å². The van der Waals surface area contributed by atoms with Crippen LogP contribution in [0.5, 0.6) is 11.5 Å². The molecule has 1 amide bonds. The maximum Gasteiger partial charge on any atom is 0.331 e. The topological polar surface area (TPSA) is 91.7 Å². The van der Waals surface area contributed by atoms with E-state index in [0.29, 0.717) is 54.9 Å². The van der Waals surface area contributed by atoms with Crippen molar-refractivity contribution in [1.29, 1.82) is 0 Å². The fourth-order valence-corrected chi connectivity index (χ4v) is 3.89. The van der Waals surface area contributed by atoms with Gasteiger partial charge in [-0.25, -0.2) is 9.48 Å². The Hall–Kier alpha value is -3.78. The van der Waals surface area contributed by atoms with Crippen LogP contribution in [-0.2, 0) is 27.3 Å². The number of benzene rings is 2. The second-order valence-corrected chi connectivity index (χ2v) is 8.31. The van der Waals surface area contributed by atoms with Crippen molar-refractivity contribution < 1.29 is 23.8 Å². The molecule has 0 fully saturated rings. The van der Waals surface area contributed by atoms with E-state index >= 15 is 0 Å². The summed E-state index contributed by atoms with van der Waals surface area (Å²) in [7, 11) is 0. The van der Waals surface area contributed by atoms with Gasteiger partial charge in [0.2, 0.25) is 0 Å².